The lowest BCUT2D eigenvalue weighted by Crippen LogP contribution is -2.27. The quantitative estimate of drug-likeness (QED) is 0.845. The van der Waals surface area contributed by atoms with Crippen LogP contribution in [0.5, 0.6) is 0 Å². The van der Waals surface area contributed by atoms with Gasteiger partial charge in [0.1, 0.15) is 10.7 Å². The van der Waals surface area contributed by atoms with Crippen LogP contribution in [-0.4, -0.2) is 32.9 Å². The summed E-state index contributed by atoms with van der Waals surface area (Å²) in [6.07, 6.45) is 4.03. The van der Waals surface area contributed by atoms with Gasteiger partial charge in [0.25, 0.3) is 11.5 Å². The Morgan fingerprint density at radius 1 is 1.29 bits per heavy atom. The van der Waals surface area contributed by atoms with Crippen molar-refractivity contribution < 1.29 is 4.79 Å². The molecule has 0 fully saturated rings. The van der Waals surface area contributed by atoms with E-state index in [2.05, 4.69) is 10.3 Å². The molecule has 1 amide bonds. The van der Waals surface area contributed by atoms with Crippen molar-refractivity contribution >= 4 is 44.4 Å². The number of amidine groups is 1. The van der Waals surface area contributed by atoms with Gasteiger partial charge in [-0.2, -0.15) is 0 Å². The average Bonchev–Trinajstić information content (AvgIpc) is 3.09. The molecule has 4 rings (SSSR count). The van der Waals surface area contributed by atoms with Gasteiger partial charge in [0.15, 0.2) is 5.17 Å². The molecule has 0 radical (unpaired) electrons. The third kappa shape index (κ3) is 2.67. The zero-order valence-electron chi connectivity index (χ0n) is 13.4. The third-order valence-electron chi connectivity index (χ3n) is 4.42. The van der Waals surface area contributed by atoms with Crippen molar-refractivity contribution in [3.8, 4) is 0 Å². The smallest absolute Gasteiger partial charge is 0.267 e. The lowest BCUT2D eigenvalue weighted by Gasteiger charge is -2.08. The summed E-state index contributed by atoms with van der Waals surface area (Å²) in [5.74, 6) is 1.56. The van der Waals surface area contributed by atoms with Crippen LogP contribution in [0.25, 0.3) is 10.2 Å². The molecule has 4 heterocycles. The summed E-state index contributed by atoms with van der Waals surface area (Å²) in [6.45, 7) is 3.30. The molecule has 0 unspecified atom stereocenters. The second-order valence-corrected chi connectivity index (χ2v) is 8.10. The van der Waals surface area contributed by atoms with Crippen LogP contribution in [0.1, 0.15) is 40.3 Å². The molecule has 2 aliphatic rings. The fraction of sp³-hybridized carbons (Fsp3) is 0.500. The average molecular weight is 362 g/mol. The summed E-state index contributed by atoms with van der Waals surface area (Å²) < 4.78 is 1.80. The number of aryl methyl sites for hydroxylation is 2. The molecule has 0 atom stereocenters. The molecule has 0 saturated heterocycles. The minimum absolute atomic E-state index is 0.00252. The number of carbonyl (C=O) groups excluding carboxylic acids is 1. The molecule has 0 aromatic carbocycles. The largest absolute Gasteiger partial charge is 0.301 e. The number of rotatable bonds is 1. The van der Waals surface area contributed by atoms with E-state index in [0.29, 0.717) is 20.3 Å². The van der Waals surface area contributed by atoms with Crippen LogP contribution in [0.3, 0.4) is 0 Å². The van der Waals surface area contributed by atoms with Gasteiger partial charge in [0.05, 0.1) is 16.8 Å². The van der Waals surface area contributed by atoms with Gasteiger partial charge in [0, 0.05) is 18.7 Å². The van der Waals surface area contributed by atoms with Crippen LogP contribution >= 0.6 is 23.1 Å². The molecule has 2 aliphatic heterocycles. The van der Waals surface area contributed by atoms with E-state index in [1.165, 1.54) is 11.3 Å². The molecule has 0 spiro atoms. The van der Waals surface area contributed by atoms with E-state index < -0.39 is 0 Å². The highest BCUT2D eigenvalue weighted by Crippen LogP contribution is 2.28. The molecular formula is C16H18N4O2S2. The number of thioether (sulfide) groups is 1. The minimum Gasteiger partial charge on any atom is -0.301 e. The van der Waals surface area contributed by atoms with E-state index in [-0.39, 0.29) is 11.5 Å². The number of nitrogens with zero attached hydrogens (tertiary/aromatic N) is 3. The van der Waals surface area contributed by atoms with E-state index in [1.807, 2.05) is 6.92 Å². The van der Waals surface area contributed by atoms with Crippen molar-refractivity contribution in [1.29, 1.82) is 0 Å². The Morgan fingerprint density at radius 3 is 2.96 bits per heavy atom. The maximum Gasteiger partial charge on any atom is 0.267 e. The van der Waals surface area contributed by atoms with Gasteiger partial charge in [-0.1, -0.05) is 18.2 Å². The summed E-state index contributed by atoms with van der Waals surface area (Å²) in [5.41, 5.74) is 0.727. The molecule has 24 heavy (non-hydrogen) atoms. The first kappa shape index (κ1) is 15.8. The van der Waals surface area contributed by atoms with Gasteiger partial charge in [-0.3, -0.25) is 19.1 Å². The Morgan fingerprint density at radius 2 is 2.17 bits per heavy atom. The van der Waals surface area contributed by atoms with Gasteiger partial charge < -0.3 is 5.32 Å². The highest BCUT2D eigenvalue weighted by atomic mass is 32.2. The van der Waals surface area contributed by atoms with Crippen LogP contribution in [0.2, 0.25) is 0 Å². The number of carbonyl (C=O) groups is 1. The predicted molar refractivity (Wildman–Crippen MR) is 98.4 cm³/mol. The summed E-state index contributed by atoms with van der Waals surface area (Å²) in [6, 6.07) is 0. The number of fused-ring (bicyclic) bond motifs is 2. The van der Waals surface area contributed by atoms with Crippen LogP contribution in [0, 0.1) is 6.92 Å². The third-order valence-corrected chi connectivity index (χ3v) is 6.50. The molecule has 126 valence electrons. The number of hydrogen-bond donors (Lipinski definition) is 1. The normalized spacial score (nSPS) is 17.5. The van der Waals surface area contributed by atoms with Gasteiger partial charge >= 0.3 is 0 Å². The number of hydrogen-bond acceptors (Lipinski definition) is 6. The maximum absolute atomic E-state index is 12.9. The number of aromatic nitrogens is 2. The summed E-state index contributed by atoms with van der Waals surface area (Å²) in [5, 5.41) is 4.10. The Balaban J connectivity index is 1.78. The van der Waals surface area contributed by atoms with Crippen molar-refractivity contribution in [2.75, 3.05) is 12.3 Å². The monoisotopic (exact) mass is 362 g/mol. The minimum atomic E-state index is -0.191. The van der Waals surface area contributed by atoms with Crippen molar-refractivity contribution in [3.05, 3.63) is 26.6 Å². The van der Waals surface area contributed by atoms with Gasteiger partial charge in [-0.25, -0.2) is 4.98 Å². The standard InChI is InChI=1S/C16H18N4O2S2/c1-9-11-14(18-10-5-3-2-4-7-20(10)15(11)22)24-12(9)13(21)19-16-17-6-8-23-16/h2-8H2,1H3,(H,17,19,21). The van der Waals surface area contributed by atoms with Gasteiger partial charge in [-0.15, -0.1) is 11.3 Å². The van der Waals surface area contributed by atoms with E-state index in [9.17, 15) is 9.59 Å². The van der Waals surface area contributed by atoms with E-state index in [4.69, 9.17) is 4.98 Å². The second-order valence-electron chi connectivity index (χ2n) is 6.02. The summed E-state index contributed by atoms with van der Waals surface area (Å²) in [7, 11) is 0. The highest BCUT2D eigenvalue weighted by molar-refractivity contribution is 8.14. The lowest BCUT2D eigenvalue weighted by molar-refractivity contribution is 0.0981. The molecule has 2 aromatic heterocycles. The molecule has 6 nitrogen and oxygen atoms in total. The first-order chi connectivity index (χ1) is 11.6. The fourth-order valence-corrected chi connectivity index (χ4v) is 5.00. The SMILES string of the molecule is Cc1c(C(=O)NC2=NCCS2)sc2nc3n(c(=O)c12)CCCCC3. The molecule has 0 bridgehead atoms. The first-order valence-electron chi connectivity index (χ1n) is 8.16. The Labute approximate surface area is 147 Å². The molecule has 2 aromatic rings. The van der Waals surface area contributed by atoms with Crippen molar-refractivity contribution in [2.24, 2.45) is 4.99 Å². The number of amides is 1. The Hall–Kier alpha value is -1.67. The number of aliphatic imine (C=N–C) groups is 1. The number of nitrogens with one attached hydrogen (secondary N) is 1. The van der Waals surface area contributed by atoms with Crippen molar-refractivity contribution in [3.63, 3.8) is 0 Å². The summed E-state index contributed by atoms with van der Waals surface area (Å²) >= 11 is 2.85. The van der Waals surface area contributed by atoms with Crippen molar-refractivity contribution in [2.45, 2.75) is 39.2 Å². The van der Waals surface area contributed by atoms with Gasteiger partial charge in [0.2, 0.25) is 0 Å². The van der Waals surface area contributed by atoms with Crippen LogP contribution in [-0.2, 0) is 13.0 Å². The summed E-state index contributed by atoms with van der Waals surface area (Å²) in [4.78, 5) is 35.6. The Bertz CT molecular complexity index is 913. The van der Waals surface area contributed by atoms with Gasteiger partial charge in [-0.05, 0) is 25.3 Å². The van der Waals surface area contributed by atoms with Crippen LogP contribution in [0.15, 0.2) is 9.79 Å². The maximum atomic E-state index is 12.9. The predicted octanol–water partition coefficient (Wildman–Crippen LogP) is 2.33. The second kappa shape index (κ2) is 6.33. The zero-order chi connectivity index (χ0) is 16.7. The zero-order valence-corrected chi connectivity index (χ0v) is 15.1. The Kier molecular flexibility index (Phi) is 4.17. The molecule has 0 aliphatic carbocycles. The molecular weight excluding hydrogens is 344 g/mol. The number of thiophene rings is 1. The van der Waals surface area contributed by atoms with Crippen LogP contribution < -0.4 is 10.9 Å². The molecule has 0 saturated carbocycles. The fourth-order valence-electron chi connectivity index (χ4n) is 3.19. The van der Waals surface area contributed by atoms with Crippen LogP contribution in [0.4, 0.5) is 0 Å². The molecule has 8 heteroatoms. The topological polar surface area (TPSA) is 76.3 Å². The molecule has 1 N–H and O–H groups in total. The van der Waals surface area contributed by atoms with Crippen molar-refractivity contribution in [1.82, 2.24) is 14.9 Å². The van der Waals surface area contributed by atoms with E-state index in [1.54, 1.807) is 16.3 Å². The highest BCUT2D eigenvalue weighted by Gasteiger charge is 2.23. The first-order valence-corrected chi connectivity index (χ1v) is 9.97. The van der Waals surface area contributed by atoms with E-state index in [0.717, 1.165) is 55.9 Å². The lowest BCUT2D eigenvalue weighted by atomic mass is 10.2. The van der Waals surface area contributed by atoms with E-state index >= 15 is 0 Å².